The highest BCUT2D eigenvalue weighted by atomic mass is 35.5. The van der Waals surface area contributed by atoms with E-state index in [1.165, 1.54) is 52.6 Å². The van der Waals surface area contributed by atoms with Gasteiger partial charge < -0.3 is 25.0 Å². The molecule has 5 amide bonds. The second kappa shape index (κ2) is 16.8. The van der Waals surface area contributed by atoms with E-state index >= 15 is 0 Å². The summed E-state index contributed by atoms with van der Waals surface area (Å²) >= 11 is 11.6. The monoisotopic (exact) mass is 681 g/mol. The van der Waals surface area contributed by atoms with E-state index in [0.29, 0.717) is 16.5 Å². The molecular weight excluding hydrogens is 653 g/mol. The van der Waals surface area contributed by atoms with Gasteiger partial charge in [-0.05, 0) is 42.0 Å². The Morgan fingerprint density at radius 1 is 0.956 bits per heavy atom. The summed E-state index contributed by atoms with van der Waals surface area (Å²) in [6.45, 7) is 0. The van der Waals surface area contributed by atoms with Crippen molar-refractivity contribution in [2.24, 2.45) is 0 Å². The summed E-state index contributed by atoms with van der Waals surface area (Å²) in [5, 5.41) is 8.01. The molecule has 1 aromatic heterocycles. The minimum absolute atomic E-state index is 0.0662. The molecule has 4 N–H and O–H groups in total. The Balaban J connectivity index is 0.000000420. The second-order valence-corrected chi connectivity index (χ2v) is 11.1. The molecule has 0 spiro atoms. The number of likely N-dealkylation sites (N-methyl/N-ethyl adjacent to an activating group) is 1. The summed E-state index contributed by atoms with van der Waals surface area (Å²) in [5.74, 6) is -0.951. The minimum Gasteiger partial charge on any atom is -0.481 e. The van der Waals surface area contributed by atoms with Crippen molar-refractivity contribution < 1.29 is 37.1 Å². The average molecular weight is 683 g/mol. The fourth-order valence-electron chi connectivity index (χ4n) is 3.18. The Morgan fingerprint density at radius 3 is 2.13 bits per heavy atom. The molecule has 18 heteroatoms. The summed E-state index contributed by atoms with van der Waals surface area (Å²) in [6, 6.07) is 8.87. The van der Waals surface area contributed by atoms with Gasteiger partial charge in [-0.1, -0.05) is 29.3 Å². The molecule has 0 unspecified atom stereocenters. The Morgan fingerprint density at radius 2 is 1.60 bits per heavy atom. The number of aromatic nitrogens is 2. The van der Waals surface area contributed by atoms with Gasteiger partial charge in [0.15, 0.2) is 0 Å². The average Bonchev–Trinajstić information content (AvgIpc) is 2.99. The Kier molecular flexibility index (Phi) is 13.5. The third kappa shape index (κ3) is 10.9. The number of anilines is 2. The van der Waals surface area contributed by atoms with Crippen LogP contribution in [0, 0.1) is 0 Å². The van der Waals surface area contributed by atoms with Gasteiger partial charge >= 0.3 is 6.03 Å². The summed E-state index contributed by atoms with van der Waals surface area (Å²) < 4.78 is 37.3. The van der Waals surface area contributed by atoms with Crippen molar-refractivity contribution in [3.8, 4) is 11.8 Å². The number of hydrogen-bond donors (Lipinski definition) is 4. The van der Waals surface area contributed by atoms with E-state index in [1.807, 2.05) is 0 Å². The topological polar surface area (TPSA) is 198 Å². The lowest BCUT2D eigenvalue weighted by Gasteiger charge is -2.16. The number of rotatable bonds is 10. The highest BCUT2D eigenvalue weighted by Gasteiger charge is 2.26. The fraction of sp³-hybridized carbons (Fsp3) is 0.185. The van der Waals surface area contributed by atoms with Crippen LogP contribution in [0.3, 0.4) is 0 Å². The number of methoxy groups -OCH3 is 2. The first-order valence-corrected chi connectivity index (χ1v) is 14.7. The smallest absolute Gasteiger partial charge is 0.335 e. The number of carbonyl (C=O) groups is 4. The molecule has 45 heavy (non-hydrogen) atoms. The van der Waals surface area contributed by atoms with Crippen molar-refractivity contribution in [2.45, 2.75) is 4.90 Å². The van der Waals surface area contributed by atoms with Gasteiger partial charge in [-0.25, -0.2) is 17.9 Å². The first-order valence-electron chi connectivity index (χ1n) is 12.5. The molecule has 3 rings (SSSR count). The molecule has 0 saturated heterocycles. The van der Waals surface area contributed by atoms with Gasteiger partial charge in [-0.15, -0.1) is 0 Å². The van der Waals surface area contributed by atoms with Crippen molar-refractivity contribution in [1.29, 1.82) is 0 Å². The number of carbonyl (C=O) groups excluding carboxylic acids is 4. The molecule has 0 radical (unpaired) electrons. The van der Waals surface area contributed by atoms with E-state index in [2.05, 4.69) is 25.9 Å². The number of urea groups is 1. The number of ether oxygens (including phenoxy) is 2. The van der Waals surface area contributed by atoms with Gasteiger partial charge in [-0.3, -0.25) is 19.7 Å². The molecule has 0 fully saturated rings. The van der Waals surface area contributed by atoms with Crippen molar-refractivity contribution in [1.82, 2.24) is 24.9 Å². The summed E-state index contributed by atoms with van der Waals surface area (Å²) in [5.41, 5.74) is 0.660. The predicted molar refractivity (Wildman–Crippen MR) is 168 cm³/mol. The van der Waals surface area contributed by atoms with Gasteiger partial charge in [0.1, 0.15) is 4.90 Å². The van der Waals surface area contributed by atoms with Gasteiger partial charge in [0.2, 0.25) is 30.0 Å². The lowest BCUT2D eigenvalue weighted by Crippen LogP contribution is -2.36. The zero-order chi connectivity index (χ0) is 33.7. The highest BCUT2D eigenvalue weighted by Crippen LogP contribution is 2.23. The van der Waals surface area contributed by atoms with Crippen LogP contribution in [0.5, 0.6) is 11.8 Å². The maximum absolute atomic E-state index is 12.8. The second-order valence-electron chi connectivity index (χ2n) is 8.62. The molecule has 0 saturated carbocycles. The molecule has 2 aromatic carbocycles. The third-order valence-corrected chi connectivity index (χ3v) is 7.24. The van der Waals surface area contributed by atoms with Crippen LogP contribution in [0.4, 0.5) is 16.4 Å². The van der Waals surface area contributed by atoms with Gasteiger partial charge in [0.05, 0.1) is 25.8 Å². The van der Waals surface area contributed by atoms with E-state index in [0.717, 1.165) is 16.5 Å². The number of halogens is 2. The Bertz CT molecular complexity index is 1680. The molecule has 0 aliphatic carbocycles. The van der Waals surface area contributed by atoms with Crippen LogP contribution in [-0.4, -0.2) is 82.9 Å². The molecule has 0 aliphatic rings. The van der Waals surface area contributed by atoms with Gasteiger partial charge in [0, 0.05) is 43.0 Å². The van der Waals surface area contributed by atoms with E-state index in [-0.39, 0.29) is 34.9 Å². The van der Waals surface area contributed by atoms with Gasteiger partial charge in [0.25, 0.3) is 15.9 Å². The molecule has 1 heterocycles. The van der Waals surface area contributed by atoms with Crippen LogP contribution in [0.1, 0.15) is 15.9 Å². The molecular formula is C27H29Cl2N7O8S. The zero-order valence-electron chi connectivity index (χ0n) is 24.5. The molecule has 15 nitrogen and oxygen atoms in total. The minimum atomic E-state index is -4.54. The lowest BCUT2D eigenvalue weighted by atomic mass is 10.2. The SMILES string of the molecule is CNC(=O)/C=C/c1ccc(Cl)cc1Cl.COc1cc(OC)nc(NC(=O)NS(=O)(=O)c2cc(NC=O)ccc2C(=O)N(C)C)n1. The van der Waals surface area contributed by atoms with Crippen molar-refractivity contribution in [3.63, 3.8) is 0 Å². The number of hydrogen-bond acceptors (Lipinski definition) is 10. The molecule has 240 valence electrons. The van der Waals surface area contributed by atoms with Crippen molar-refractivity contribution >= 4 is 75.2 Å². The van der Waals surface area contributed by atoms with Crippen LogP contribution < -0.4 is 30.1 Å². The normalized spacial score (nSPS) is 10.6. The quantitative estimate of drug-likeness (QED) is 0.182. The molecule has 0 aliphatic heterocycles. The number of nitrogens with zero attached hydrogens (tertiary/aromatic N) is 3. The number of sulfonamides is 1. The first kappa shape index (κ1) is 36.3. The largest absolute Gasteiger partial charge is 0.481 e. The number of nitrogens with one attached hydrogen (secondary N) is 4. The lowest BCUT2D eigenvalue weighted by molar-refractivity contribution is -0.116. The van der Waals surface area contributed by atoms with Crippen LogP contribution >= 0.6 is 23.2 Å². The van der Waals surface area contributed by atoms with Gasteiger partial charge in [-0.2, -0.15) is 9.97 Å². The van der Waals surface area contributed by atoms with E-state index in [1.54, 1.807) is 36.0 Å². The Hall–Kier alpha value is -4.93. The van der Waals surface area contributed by atoms with Crippen LogP contribution in [0.2, 0.25) is 10.0 Å². The standard InChI is InChI=1S/C17H20N6O7S.C10H9Cl2NO/c1-23(2)15(25)11-6-5-10(18-9-24)7-12(11)31(27,28)22-17(26)21-16-19-13(29-3)8-14(20-16)30-4;1-13-10(14)5-3-7-2-4-8(11)6-9(7)12/h5-9H,1-4H3,(H,18,24)(H2,19,20,21,22,26);2-6H,1H3,(H,13,14)/b;5-3+. The zero-order valence-corrected chi connectivity index (χ0v) is 26.9. The Labute approximate surface area is 269 Å². The predicted octanol–water partition coefficient (Wildman–Crippen LogP) is 3.03. The van der Waals surface area contributed by atoms with Crippen LogP contribution in [0.25, 0.3) is 6.08 Å². The maximum atomic E-state index is 12.8. The fourth-order valence-corrected chi connectivity index (χ4v) is 4.78. The molecule has 0 bridgehead atoms. The van der Waals surface area contributed by atoms with E-state index in [4.69, 9.17) is 32.7 Å². The first-order chi connectivity index (χ1) is 21.2. The van der Waals surface area contributed by atoms with Crippen molar-refractivity contribution in [3.05, 3.63) is 69.7 Å². The summed E-state index contributed by atoms with van der Waals surface area (Å²) in [6.07, 6.45) is 3.39. The van der Waals surface area contributed by atoms with Crippen molar-refractivity contribution in [2.75, 3.05) is 46.0 Å². The highest BCUT2D eigenvalue weighted by molar-refractivity contribution is 7.90. The van der Waals surface area contributed by atoms with E-state index in [9.17, 15) is 27.6 Å². The number of amides is 5. The maximum Gasteiger partial charge on any atom is 0.335 e. The summed E-state index contributed by atoms with van der Waals surface area (Å²) in [7, 11) is 2.56. The molecule has 3 aromatic rings. The van der Waals surface area contributed by atoms with E-state index < -0.39 is 26.9 Å². The third-order valence-electron chi connectivity index (χ3n) is 5.31. The molecule has 0 atom stereocenters. The van der Waals surface area contributed by atoms with Crippen LogP contribution in [-0.2, 0) is 19.6 Å². The summed E-state index contributed by atoms with van der Waals surface area (Å²) in [4.78, 5) is 54.7. The number of benzene rings is 2. The van der Waals surface area contributed by atoms with Crippen LogP contribution in [0.15, 0.2) is 53.4 Å².